The number of hydrogen-bond donors (Lipinski definition) is 0. The lowest BCUT2D eigenvalue weighted by molar-refractivity contribution is -0.509. The molecule has 5 aromatic rings. The summed E-state index contributed by atoms with van der Waals surface area (Å²) in [6.45, 7) is 6.67. The van der Waals surface area contributed by atoms with Crippen molar-refractivity contribution in [3.63, 3.8) is 0 Å². The van der Waals surface area contributed by atoms with E-state index < -0.39 is 0 Å². The molecule has 0 radical (unpaired) electrons. The smallest absolute Gasteiger partial charge is 0.219 e. The molecule has 0 aliphatic carbocycles. The third-order valence-electron chi connectivity index (χ3n) is 6.86. The number of halogens is 1. The van der Waals surface area contributed by atoms with Crippen molar-refractivity contribution in [3.05, 3.63) is 72.6 Å². The molecule has 0 saturated carbocycles. The molecule has 2 aromatic heterocycles. The minimum atomic E-state index is 0. The molecule has 0 unspecified atom stereocenters. The molecular formula is C31H32ClNO4. The first-order valence-corrected chi connectivity index (χ1v) is 12.0. The highest BCUT2D eigenvalue weighted by molar-refractivity contribution is 6.05. The third kappa shape index (κ3) is 4.49. The maximum atomic E-state index is 5.92. The number of ether oxygens (including phenoxy) is 4. The lowest BCUT2D eigenvalue weighted by Gasteiger charge is -2.20. The van der Waals surface area contributed by atoms with Crippen LogP contribution in [-0.2, 0) is 5.41 Å². The van der Waals surface area contributed by atoms with E-state index in [0.717, 1.165) is 49.7 Å². The predicted molar refractivity (Wildman–Crippen MR) is 145 cm³/mol. The van der Waals surface area contributed by atoms with Crippen LogP contribution in [0.25, 0.3) is 38.2 Å². The summed E-state index contributed by atoms with van der Waals surface area (Å²) in [6.07, 6.45) is 4.16. The van der Waals surface area contributed by atoms with Crippen LogP contribution in [0.4, 0.5) is 0 Å². The number of pyridine rings is 2. The first kappa shape index (κ1) is 26.4. The van der Waals surface area contributed by atoms with E-state index in [1.165, 1.54) is 5.56 Å². The molecule has 0 spiro atoms. The summed E-state index contributed by atoms with van der Waals surface area (Å²) < 4.78 is 25.0. The number of rotatable bonds is 5. The van der Waals surface area contributed by atoms with Gasteiger partial charge in [-0.05, 0) is 40.1 Å². The van der Waals surface area contributed by atoms with Gasteiger partial charge in [0.2, 0.25) is 5.52 Å². The first-order chi connectivity index (χ1) is 17.3. The van der Waals surface area contributed by atoms with Gasteiger partial charge in [0.15, 0.2) is 35.4 Å². The van der Waals surface area contributed by atoms with E-state index in [4.69, 9.17) is 18.9 Å². The van der Waals surface area contributed by atoms with Crippen molar-refractivity contribution in [2.45, 2.75) is 26.2 Å². The average molecular weight is 518 g/mol. The van der Waals surface area contributed by atoms with Crippen LogP contribution < -0.4 is 35.8 Å². The topological polar surface area (TPSA) is 41.0 Å². The Labute approximate surface area is 224 Å². The van der Waals surface area contributed by atoms with Crippen molar-refractivity contribution >= 4 is 27.1 Å². The molecule has 2 heterocycles. The summed E-state index contributed by atoms with van der Waals surface area (Å²) in [6, 6.07) is 19.2. The summed E-state index contributed by atoms with van der Waals surface area (Å²) in [5, 5.41) is 4.18. The number of benzene rings is 3. The van der Waals surface area contributed by atoms with Crippen molar-refractivity contribution in [1.82, 2.24) is 0 Å². The number of fused-ring (bicyclic) bond motifs is 4. The second-order valence-corrected chi connectivity index (χ2v) is 10.00. The first-order valence-electron chi connectivity index (χ1n) is 12.0. The molecule has 0 N–H and O–H groups in total. The average Bonchev–Trinajstić information content (AvgIpc) is 2.89. The summed E-state index contributed by atoms with van der Waals surface area (Å²) in [7, 11) is 6.70. The molecule has 0 aliphatic heterocycles. The fourth-order valence-corrected chi connectivity index (χ4v) is 4.88. The van der Waals surface area contributed by atoms with E-state index in [1.807, 2.05) is 18.3 Å². The van der Waals surface area contributed by atoms with Crippen molar-refractivity contribution < 1.29 is 35.8 Å². The minimum absolute atomic E-state index is 0. The molecule has 192 valence electrons. The second kappa shape index (κ2) is 9.98. The van der Waals surface area contributed by atoms with Crippen LogP contribution in [0, 0.1) is 0 Å². The Kier molecular flexibility index (Phi) is 7.11. The van der Waals surface area contributed by atoms with Gasteiger partial charge in [0.05, 0.1) is 39.2 Å². The minimum Gasteiger partial charge on any atom is -1.00 e. The number of aromatic nitrogens is 1. The molecule has 37 heavy (non-hydrogen) atoms. The highest BCUT2D eigenvalue weighted by Crippen LogP contribution is 2.45. The normalized spacial score (nSPS) is 11.4. The van der Waals surface area contributed by atoms with E-state index in [0.29, 0.717) is 11.5 Å². The van der Waals surface area contributed by atoms with E-state index in [2.05, 4.69) is 73.8 Å². The highest BCUT2D eigenvalue weighted by atomic mass is 35.5. The van der Waals surface area contributed by atoms with Gasteiger partial charge in [-0.1, -0.05) is 45.0 Å². The molecule has 0 fully saturated rings. The zero-order chi connectivity index (χ0) is 25.6. The Balaban J connectivity index is 0.00000320. The quantitative estimate of drug-likeness (QED) is 0.202. The van der Waals surface area contributed by atoms with E-state index in [9.17, 15) is 0 Å². The maximum absolute atomic E-state index is 5.92. The molecular weight excluding hydrogens is 486 g/mol. The summed E-state index contributed by atoms with van der Waals surface area (Å²) in [4.78, 5) is 0. The van der Waals surface area contributed by atoms with Crippen molar-refractivity contribution in [2.75, 3.05) is 28.4 Å². The van der Waals surface area contributed by atoms with Gasteiger partial charge in [-0.15, -0.1) is 0 Å². The van der Waals surface area contributed by atoms with Gasteiger partial charge in [0, 0.05) is 23.1 Å². The second-order valence-electron chi connectivity index (χ2n) is 10.00. The van der Waals surface area contributed by atoms with Gasteiger partial charge in [0.25, 0.3) is 0 Å². The van der Waals surface area contributed by atoms with E-state index >= 15 is 0 Å². The molecule has 5 rings (SSSR count). The molecule has 6 heteroatoms. The van der Waals surface area contributed by atoms with Crippen LogP contribution in [0.2, 0.25) is 0 Å². The Hall–Kier alpha value is -3.70. The predicted octanol–water partition coefficient (Wildman–Crippen LogP) is 3.73. The fourth-order valence-electron chi connectivity index (χ4n) is 4.88. The summed E-state index contributed by atoms with van der Waals surface area (Å²) in [5.41, 5.74) is 4.49. The Morgan fingerprint density at radius 3 is 1.84 bits per heavy atom. The molecule has 0 atom stereocenters. The number of hydrogen-bond acceptors (Lipinski definition) is 4. The van der Waals surface area contributed by atoms with Crippen LogP contribution in [0.15, 0.2) is 67.0 Å². The SMILES string of the molecule is COc1cc2cc3c4cc(-c5ccc(C(C)(C)C)cc5)c(OC)c(OC)c4cc[n+]3cc2cc1OC.[Cl-]. The molecule has 3 aromatic carbocycles. The van der Waals surface area contributed by atoms with Gasteiger partial charge in [-0.25, -0.2) is 0 Å². The van der Waals surface area contributed by atoms with Crippen molar-refractivity contribution in [2.24, 2.45) is 0 Å². The Morgan fingerprint density at radius 1 is 0.649 bits per heavy atom. The van der Waals surface area contributed by atoms with E-state index in [-0.39, 0.29) is 17.8 Å². The van der Waals surface area contributed by atoms with Crippen LogP contribution >= 0.6 is 0 Å². The van der Waals surface area contributed by atoms with Gasteiger partial charge >= 0.3 is 0 Å². The number of nitrogens with zero attached hydrogens (tertiary/aromatic N) is 1. The van der Waals surface area contributed by atoms with Gasteiger partial charge in [-0.2, -0.15) is 4.40 Å². The van der Waals surface area contributed by atoms with Crippen molar-refractivity contribution in [3.8, 4) is 34.1 Å². The van der Waals surface area contributed by atoms with Gasteiger partial charge < -0.3 is 31.4 Å². The molecule has 0 amide bonds. The van der Waals surface area contributed by atoms with Crippen LogP contribution in [0.5, 0.6) is 23.0 Å². The zero-order valence-corrected chi connectivity index (χ0v) is 23.1. The van der Waals surface area contributed by atoms with E-state index in [1.54, 1.807) is 28.4 Å². The monoisotopic (exact) mass is 517 g/mol. The summed E-state index contributed by atoms with van der Waals surface area (Å²) in [5.74, 6) is 2.86. The molecule has 5 nitrogen and oxygen atoms in total. The Morgan fingerprint density at radius 2 is 1.27 bits per heavy atom. The lowest BCUT2D eigenvalue weighted by atomic mass is 9.86. The summed E-state index contributed by atoms with van der Waals surface area (Å²) >= 11 is 0. The van der Waals surface area contributed by atoms with Crippen LogP contribution in [0.1, 0.15) is 26.3 Å². The molecule has 0 saturated heterocycles. The third-order valence-corrected chi connectivity index (χ3v) is 6.86. The lowest BCUT2D eigenvalue weighted by Crippen LogP contribution is -3.00. The number of methoxy groups -OCH3 is 4. The molecule has 0 bridgehead atoms. The van der Waals surface area contributed by atoms with Crippen LogP contribution in [-0.4, -0.2) is 28.4 Å². The molecule has 0 aliphatic rings. The van der Waals surface area contributed by atoms with Crippen LogP contribution in [0.3, 0.4) is 0 Å². The van der Waals surface area contributed by atoms with Gasteiger partial charge in [0.1, 0.15) is 0 Å². The van der Waals surface area contributed by atoms with Gasteiger partial charge in [-0.3, -0.25) is 0 Å². The Bertz CT molecular complexity index is 1600. The van der Waals surface area contributed by atoms with Crippen molar-refractivity contribution in [1.29, 1.82) is 0 Å². The largest absolute Gasteiger partial charge is 1.00 e. The maximum Gasteiger partial charge on any atom is 0.219 e. The zero-order valence-electron chi connectivity index (χ0n) is 22.3. The highest BCUT2D eigenvalue weighted by Gasteiger charge is 2.22. The standard InChI is InChI=1S/C31H32NO4.ClH/c1-31(2,3)22-10-8-19(9-11-22)24-17-25-23(29(35-6)30(24)36-7)12-13-32-18-21-16-28(34-5)27(33-4)15-20(21)14-26(25)32;/h8-18H,1-7H3;1H/q+1;/p-1. The fraction of sp³-hybridized carbons (Fsp3) is 0.258.